The van der Waals surface area contributed by atoms with Crippen molar-refractivity contribution >= 4 is 59.0 Å². The zero-order chi connectivity index (χ0) is 32.8. The van der Waals surface area contributed by atoms with Crippen LogP contribution in [0.5, 0.6) is 0 Å². The van der Waals surface area contributed by atoms with E-state index in [0.717, 1.165) is 43.6 Å². The smallest absolute Gasteiger partial charge is 0.665 e. The van der Waals surface area contributed by atoms with Crippen molar-refractivity contribution in [1.82, 2.24) is 0 Å². The van der Waals surface area contributed by atoms with Crippen LogP contribution in [0.4, 0.5) is 22.7 Å². The van der Waals surface area contributed by atoms with Crippen LogP contribution < -0.4 is 20.9 Å². The average Bonchev–Trinajstić information content (AvgIpc) is 3.08. The zero-order valence-corrected chi connectivity index (χ0v) is 31.3. The largest absolute Gasteiger partial charge is 2.00 e. The van der Waals surface area contributed by atoms with Gasteiger partial charge in [-0.2, -0.15) is 24.8 Å². The second kappa shape index (κ2) is 25.9. The minimum atomic E-state index is -2.20. The number of carbonyl (C=O) groups is 2. The number of hydrogen-bond acceptors (Lipinski definition) is 6. The van der Waals surface area contributed by atoms with Crippen LogP contribution >= 0.6 is 0 Å². The molecular formula is C34H34Co4N4O12. The van der Waals surface area contributed by atoms with E-state index < -0.39 is 46.8 Å². The van der Waals surface area contributed by atoms with Gasteiger partial charge in [-0.1, -0.05) is 72.9 Å². The molecule has 14 N–H and O–H groups in total. The summed E-state index contributed by atoms with van der Waals surface area (Å²) in [5.74, 6) is -3.12. The van der Waals surface area contributed by atoms with Crippen LogP contribution in [0, 0.1) is 0 Å². The van der Waals surface area contributed by atoms with Gasteiger partial charge in [-0.15, -0.1) is 22.7 Å². The van der Waals surface area contributed by atoms with E-state index >= 15 is 0 Å². The van der Waals surface area contributed by atoms with Crippen LogP contribution in [0.1, 0.15) is 44.4 Å². The molecule has 16 nitrogen and oxygen atoms in total. The number of nitrogens with zero attached hydrogens (tertiary/aromatic N) is 4. The summed E-state index contributed by atoms with van der Waals surface area (Å²) in [6.07, 6.45) is 18.8. The van der Waals surface area contributed by atoms with Crippen molar-refractivity contribution in [2.75, 3.05) is 0 Å². The first kappa shape index (κ1) is 56.7. The molecule has 0 atom stereocenters. The normalized spacial score (nSPS) is 11.7. The van der Waals surface area contributed by atoms with Crippen LogP contribution in [-0.2, 0) is 67.1 Å². The SMILES string of the molecule is C1=C[N-]c2c3c(ccc2=C1)=CC=C[N-]3.C1=C[N-]c2c3c(ccc2=C1)=CC=C[N-]3.O.O.O.O.O=C(O)c1cc(C(O)O)c(C(=O)O)cc1C(O)O.[Co+2].[Co+2].[Co].[Co]. The van der Waals surface area contributed by atoms with Crippen molar-refractivity contribution in [1.29, 1.82) is 0 Å². The fourth-order valence-electron chi connectivity index (χ4n) is 4.79. The number of carboxylic acid groups (broad SMARTS) is 2. The Bertz CT molecular complexity index is 1860. The molecule has 0 bridgehead atoms. The van der Waals surface area contributed by atoms with Gasteiger partial charge in [-0.3, -0.25) is 0 Å². The molecule has 0 amide bonds. The molecule has 0 fully saturated rings. The fraction of sp³-hybridized carbons (Fsp3) is 0.0588. The molecule has 4 aliphatic heterocycles. The van der Waals surface area contributed by atoms with Gasteiger partial charge < -0.3 is 73.8 Å². The second-order valence-corrected chi connectivity index (χ2v) is 9.82. The monoisotopic (exact) mass is 926 g/mol. The van der Waals surface area contributed by atoms with Crippen molar-refractivity contribution in [2.24, 2.45) is 0 Å². The first-order chi connectivity index (χ1) is 22.2. The number of aliphatic hydroxyl groups excluding tert-OH is 2. The molecule has 4 radical (unpaired) electrons. The summed E-state index contributed by atoms with van der Waals surface area (Å²) in [6.45, 7) is 0. The minimum absolute atomic E-state index is 0. The molecule has 0 unspecified atom stereocenters. The Morgan fingerprint density at radius 1 is 0.463 bits per heavy atom. The molecule has 0 aliphatic carbocycles. The Kier molecular flexibility index (Phi) is 27.2. The van der Waals surface area contributed by atoms with Gasteiger partial charge in [-0.05, 0) is 33.0 Å². The van der Waals surface area contributed by atoms with Gasteiger partial charge >= 0.3 is 45.5 Å². The number of allylic oxidation sites excluding steroid dienone is 4. The Labute approximate surface area is 348 Å². The summed E-state index contributed by atoms with van der Waals surface area (Å²) in [4.78, 5) is 21.7. The van der Waals surface area contributed by atoms with Crippen molar-refractivity contribution < 1.29 is 129 Å². The summed E-state index contributed by atoms with van der Waals surface area (Å²) in [5, 5.41) is 75.4. The van der Waals surface area contributed by atoms with Crippen LogP contribution in [-0.4, -0.2) is 64.5 Å². The van der Waals surface area contributed by atoms with Gasteiger partial charge in [0.1, 0.15) is 0 Å². The summed E-state index contributed by atoms with van der Waals surface area (Å²) < 4.78 is 0. The maximum absolute atomic E-state index is 10.8. The van der Waals surface area contributed by atoms with Crippen LogP contribution in [0.25, 0.3) is 45.6 Å². The Morgan fingerprint density at radius 2 is 0.685 bits per heavy atom. The maximum atomic E-state index is 10.8. The molecule has 4 aliphatic rings. The number of fused-ring (bicyclic) bond motifs is 6. The zero-order valence-electron chi connectivity index (χ0n) is 27.2. The third kappa shape index (κ3) is 13.1. The third-order valence-corrected chi connectivity index (χ3v) is 6.93. The molecule has 0 aromatic heterocycles. The quantitative estimate of drug-likeness (QED) is 0.198. The number of carboxylic acids is 2. The summed E-state index contributed by atoms with van der Waals surface area (Å²) in [5.41, 5.74) is 1.55. The van der Waals surface area contributed by atoms with Gasteiger partial charge in [0.05, 0.1) is 11.1 Å². The number of hydrogen-bond donors (Lipinski definition) is 6. The second-order valence-electron chi connectivity index (χ2n) is 9.82. The van der Waals surface area contributed by atoms with E-state index in [2.05, 4.69) is 69.8 Å². The Morgan fingerprint density at radius 3 is 0.870 bits per heavy atom. The number of aliphatic hydroxyl groups is 4. The fourth-order valence-corrected chi connectivity index (χ4v) is 4.79. The van der Waals surface area contributed by atoms with E-state index in [0.29, 0.717) is 12.1 Å². The summed E-state index contributed by atoms with van der Waals surface area (Å²) in [7, 11) is 0. The van der Waals surface area contributed by atoms with E-state index in [1.807, 2.05) is 24.3 Å². The van der Waals surface area contributed by atoms with Gasteiger partial charge in [-0.25, -0.2) is 9.59 Å². The number of aromatic carboxylic acids is 2. The van der Waals surface area contributed by atoms with E-state index in [4.69, 9.17) is 30.6 Å². The molecule has 7 rings (SSSR count). The minimum Gasteiger partial charge on any atom is -0.665 e. The first-order valence-electron chi connectivity index (χ1n) is 13.7. The first-order valence-corrected chi connectivity index (χ1v) is 13.7. The molecule has 54 heavy (non-hydrogen) atoms. The Balaban J connectivity index is -0.000000325. The van der Waals surface area contributed by atoms with Gasteiger partial charge in [0.15, 0.2) is 12.6 Å². The number of rotatable bonds is 4. The molecule has 4 heterocycles. The topological polar surface area (TPSA) is 338 Å². The molecule has 20 heteroatoms. The molecular weight excluding hydrogens is 892 g/mol. The van der Waals surface area contributed by atoms with E-state index in [9.17, 15) is 9.59 Å². The van der Waals surface area contributed by atoms with Gasteiger partial charge in [0.25, 0.3) is 0 Å². The van der Waals surface area contributed by atoms with Crippen molar-refractivity contribution in [3.8, 4) is 0 Å². The molecule has 0 spiro atoms. The molecule has 298 valence electrons. The van der Waals surface area contributed by atoms with Crippen molar-refractivity contribution in [2.45, 2.75) is 12.6 Å². The predicted molar refractivity (Wildman–Crippen MR) is 187 cm³/mol. The average molecular weight is 926 g/mol. The van der Waals surface area contributed by atoms with Crippen molar-refractivity contribution in [3.05, 3.63) is 150 Å². The van der Waals surface area contributed by atoms with Crippen LogP contribution in [0.3, 0.4) is 0 Å². The predicted octanol–water partition coefficient (Wildman–Crippen LogP) is 0.366. The van der Waals surface area contributed by atoms with Crippen LogP contribution in [0.15, 0.2) is 85.5 Å². The molecule has 0 saturated heterocycles. The van der Waals surface area contributed by atoms with E-state index in [1.165, 1.54) is 0 Å². The van der Waals surface area contributed by atoms with Gasteiger partial charge in [0.2, 0.25) is 0 Å². The van der Waals surface area contributed by atoms with Gasteiger partial charge in [0, 0.05) is 44.7 Å². The standard InChI is InChI=1S/2C12H8N2.C10H10O8.4Co.4H2O/c2*1-3-9-5-6-10-4-2-8-14-12(10)11(9)13-7-1;11-7(12)3-1-4(8(13)14)6(10(17)18)2-5(3)9(15)16;;;;;;;;/h2*1-8H;1-2,7,10-12,17-18H,(H,13,14)(H,15,16);;;;;4*1H2/q2*-2;;;;2*+2;;;;. The molecule has 3 aromatic carbocycles. The molecule has 0 saturated carbocycles. The molecule has 3 aromatic rings. The summed E-state index contributed by atoms with van der Waals surface area (Å²) in [6, 6.07) is 9.65. The Hall–Kier alpha value is -4.05. The van der Waals surface area contributed by atoms with E-state index in [-0.39, 0.29) is 89.0 Å². The van der Waals surface area contributed by atoms with Crippen molar-refractivity contribution in [3.63, 3.8) is 0 Å². The maximum Gasteiger partial charge on any atom is 2.00 e. The van der Waals surface area contributed by atoms with Crippen LogP contribution in [0.2, 0.25) is 0 Å². The van der Waals surface area contributed by atoms with E-state index in [1.54, 1.807) is 24.8 Å². The summed E-state index contributed by atoms with van der Waals surface area (Å²) >= 11 is 0. The third-order valence-electron chi connectivity index (χ3n) is 6.93. The number of benzene rings is 3.